The molecule has 1 aromatic heterocycles. The summed E-state index contributed by atoms with van der Waals surface area (Å²) >= 11 is 0. The van der Waals surface area contributed by atoms with Gasteiger partial charge in [0.2, 0.25) is 0 Å². The lowest BCUT2D eigenvalue weighted by Gasteiger charge is -2.14. The number of hydrogen-bond acceptors (Lipinski definition) is 1. The molecule has 0 radical (unpaired) electrons. The number of rotatable bonds is 4. The molecule has 2 aromatic rings. The van der Waals surface area contributed by atoms with Crippen molar-refractivity contribution in [3.8, 4) is 6.07 Å². The lowest BCUT2D eigenvalue weighted by molar-refractivity contribution is 0.425. The number of aromatic nitrogens is 1. The van der Waals surface area contributed by atoms with Gasteiger partial charge in [0.05, 0.1) is 11.6 Å². The molecule has 0 atom stereocenters. The van der Waals surface area contributed by atoms with Crippen LogP contribution in [-0.4, -0.2) is 4.57 Å². The van der Waals surface area contributed by atoms with Gasteiger partial charge in [-0.15, -0.1) is 0 Å². The van der Waals surface area contributed by atoms with Gasteiger partial charge in [-0.3, -0.25) is 0 Å². The average molecular weight is 226 g/mol. The second-order valence-corrected chi connectivity index (χ2v) is 4.54. The summed E-state index contributed by atoms with van der Waals surface area (Å²) in [5, 5.41) is 10.2. The fraction of sp³-hybridized carbons (Fsp3) is 0.400. The zero-order valence-electron chi connectivity index (χ0n) is 10.5. The van der Waals surface area contributed by atoms with Crippen molar-refractivity contribution in [2.75, 3.05) is 0 Å². The maximum absolute atomic E-state index is 8.94. The van der Waals surface area contributed by atoms with Crippen molar-refractivity contribution in [2.45, 2.75) is 33.2 Å². The van der Waals surface area contributed by atoms with E-state index in [1.165, 1.54) is 23.7 Å². The summed E-state index contributed by atoms with van der Waals surface area (Å²) in [6, 6.07) is 10.2. The Morgan fingerprint density at radius 3 is 2.65 bits per heavy atom. The normalized spacial score (nSPS) is 10.9. The highest BCUT2D eigenvalue weighted by atomic mass is 15.0. The van der Waals surface area contributed by atoms with Crippen molar-refractivity contribution < 1.29 is 0 Å². The van der Waals surface area contributed by atoms with Gasteiger partial charge in [0.25, 0.3) is 0 Å². The molecule has 0 unspecified atom stereocenters. The molecule has 2 nitrogen and oxygen atoms in total. The van der Waals surface area contributed by atoms with Crippen LogP contribution < -0.4 is 0 Å². The molecule has 0 aliphatic rings. The van der Waals surface area contributed by atoms with Gasteiger partial charge in [-0.05, 0) is 29.5 Å². The Morgan fingerprint density at radius 2 is 2.00 bits per heavy atom. The Labute approximate surface area is 102 Å². The van der Waals surface area contributed by atoms with Crippen molar-refractivity contribution in [3.05, 3.63) is 36.0 Å². The van der Waals surface area contributed by atoms with Crippen molar-refractivity contribution in [1.82, 2.24) is 4.57 Å². The van der Waals surface area contributed by atoms with Crippen molar-refractivity contribution in [2.24, 2.45) is 5.92 Å². The van der Waals surface area contributed by atoms with Crippen LogP contribution >= 0.6 is 0 Å². The van der Waals surface area contributed by atoms with Crippen LogP contribution in [0.4, 0.5) is 0 Å². The Balaban J connectivity index is 2.37. The van der Waals surface area contributed by atoms with Gasteiger partial charge >= 0.3 is 0 Å². The molecule has 0 amide bonds. The number of hydrogen-bond donors (Lipinski definition) is 0. The first-order chi connectivity index (χ1) is 8.28. The minimum absolute atomic E-state index is 0.719. The SMILES string of the molecule is CCC(CC)Cn1ccc2ccc(C#N)cc21. The minimum Gasteiger partial charge on any atom is -0.347 e. The standard InChI is InChI=1S/C15H18N2/c1-3-12(4-2)11-17-8-7-14-6-5-13(10-16)9-15(14)17/h5-9,12H,3-4,11H2,1-2H3. The Hall–Kier alpha value is -1.75. The van der Waals surface area contributed by atoms with Crippen LogP contribution in [0.2, 0.25) is 0 Å². The maximum Gasteiger partial charge on any atom is 0.0992 e. The topological polar surface area (TPSA) is 28.7 Å². The van der Waals surface area contributed by atoms with E-state index >= 15 is 0 Å². The van der Waals surface area contributed by atoms with Crippen LogP contribution in [0.15, 0.2) is 30.5 Å². The molecular formula is C15H18N2. The van der Waals surface area contributed by atoms with Gasteiger partial charge in [-0.1, -0.05) is 32.8 Å². The van der Waals surface area contributed by atoms with E-state index in [4.69, 9.17) is 5.26 Å². The lowest BCUT2D eigenvalue weighted by Crippen LogP contribution is -2.07. The molecule has 1 heterocycles. The molecule has 0 bridgehead atoms. The quantitative estimate of drug-likeness (QED) is 0.776. The molecule has 2 heteroatoms. The molecule has 0 spiro atoms. The number of fused-ring (bicyclic) bond motifs is 1. The predicted octanol–water partition coefficient (Wildman–Crippen LogP) is 3.95. The molecule has 1 aromatic carbocycles. The summed E-state index contributed by atoms with van der Waals surface area (Å²) in [4.78, 5) is 0. The third-order valence-electron chi connectivity index (χ3n) is 3.51. The second-order valence-electron chi connectivity index (χ2n) is 4.54. The fourth-order valence-corrected chi connectivity index (χ4v) is 2.24. The van der Waals surface area contributed by atoms with E-state index in [2.05, 4.69) is 36.7 Å². The highest BCUT2D eigenvalue weighted by Gasteiger charge is 2.07. The third kappa shape index (κ3) is 2.34. The highest BCUT2D eigenvalue weighted by molar-refractivity contribution is 5.81. The maximum atomic E-state index is 8.94. The van der Waals surface area contributed by atoms with E-state index in [-0.39, 0.29) is 0 Å². The van der Waals surface area contributed by atoms with Gasteiger partial charge in [-0.25, -0.2) is 0 Å². The van der Waals surface area contributed by atoms with Crippen LogP contribution in [0.25, 0.3) is 10.9 Å². The Kier molecular flexibility index (Phi) is 3.49. The summed E-state index contributed by atoms with van der Waals surface area (Å²) in [5.74, 6) is 0.719. The summed E-state index contributed by atoms with van der Waals surface area (Å²) in [6.07, 6.45) is 4.53. The molecule has 0 aliphatic carbocycles. The largest absolute Gasteiger partial charge is 0.347 e. The van der Waals surface area contributed by atoms with Gasteiger partial charge < -0.3 is 4.57 Å². The molecule has 17 heavy (non-hydrogen) atoms. The van der Waals surface area contributed by atoms with Crippen molar-refractivity contribution in [1.29, 1.82) is 5.26 Å². The van der Waals surface area contributed by atoms with Crippen LogP contribution in [-0.2, 0) is 6.54 Å². The zero-order valence-corrected chi connectivity index (χ0v) is 10.5. The fourth-order valence-electron chi connectivity index (χ4n) is 2.24. The van der Waals surface area contributed by atoms with Crippen molar-refractivity contribution >= 4 is 10.9 Å². The average Bonchev–Trinajstić information content (AvgIpc) is 2.78. The number of nitriles is 1. The van der Waals surface area contributed by atoms with E-state index in [9.17, 15) is 0 Å². The lowest BCUT2D eigenvalue weighted by atomic mass is 10.0. The molecule has 0 aliphatic heterocycles. The van der Waals surface area contributed by atoms with Crippen LogP contribution in [0, 0.1) is 17.2 Å². The van der Waals surface area contributed by atoms with Gasteiger partial charge in [0, 0.05) is 18.3 Å². The van der Waals surface area contributed by atoms with Crippen LogP contribution in [0.1, 0.15) is 32.3 Å². The second kappa shape index (κ2) is 5.05. The summed E-state index contributed by atoms with van der Waals surface area (Å²) in [6.45, 7) is 5.52. The van der Waals surface area contributed by atoms with Gasteiger partial charge in [0.15, 0.2) is 0 Å². The number of nitrogens with zero attached hydrogens (tertiary/aromatic N) is 2. The Morgan fingerprint density at radius 1 is 1.24 bits per heavy atom. The van der Waals surface area contributed by atoms with Crippen LogP contribution in [0.5, 0.6) is 0 Å². The van der Waals surface area contributed by atoms with E-state index in [0.717, 1.165) is 18.0 Å². The third-order valence-corrected chi connectivity index (χ3v) is 3.51. The van der Waals surface area contributed by atoms with Crippen LogP contribution in [0.3, 0.4) is 0 Å². The minimum atomic E-state index is 0.719. The van der Waals surface area contributed by atoms with E-state index < -0.39 is 0 Å². The molecular weight excluding hydrogens is 208 g/mol. The van der Waals surface area contributed by atoms with E-state index in [1.54, 1.807) is 0 Å². The Bertz CT molecular complexity index is 542. The summed E-state index contributed by atoms with van der Waals surface area (Å²) < 4.78 is 2.27. The predicted molar refractivity (Wildman–Crippen MR) is 70.7 cm³/mol. The van der Waals surface area contributed by atoms with Gasteiger partial charge in [0.1, 0.15) is 0 Å². The monoisotopic (exact) mass is 226 g/mol. The highest BCUT2D eigenvalue weighted by Crippen LogP contribution is 2.20. The first-order valence-electron chi connectivity index (χ1n) is 6.27. The molecule has 0 fully saturated rings. The number of benzene rings is 1. The van der Waals surface area contributed by atoms with E-state index in [0.29, 0.717) is 0 Å². The molecule has 2 rings (SSSR count). The summed E-state index contributed by atoms with van der Waals surface area (Å²) in [7, 11) is 0. The molecule has 0 N–H and O–H groups in total. The zero-order chi connectivity index (χ0) is 12.3. The molecule has 0 saturated carbocycles. The first kappa shape index (κ1) is 11.7. The van der Waals surface area contributed by atoms with E-state index in [1.807, 2.05) is 18.2 Å². The molecule has 88 valence electrons. The van der Waals surface area contributed by atoms with Gasteiger partial charge in [-0.2, -0.15) is 5.26 Å². The summed E-state index contributed by atoms with van der Waals surface area (Å²) in [5.41, 5.74) is 1.91. The molecule has 0 saturated heterocycles. The first-order valence-corrected chi connectivity index (χ1v) is 6.27. The smallest absolute Gasteiger partial charge is 0.0992 e. The van der Waals surface area contributed by atoms with Crippen molar-refractivity contribution in [3.63, 3.8) is 0 Å².